The fraction of sp³-hybridized carbons (Fsp3) is 0.556. The van der Waals surface area contributed by atoms with Gasteiger partial charge in [-0.25, -0.2) is 0 Å². The van der Waals surface area contributed by atoms with Gasteiger partial charge in [-0.05, 0) is 31.5 Å². The van der Waals surface area contributed by atoms with Gasteiger partial charge in [0.15, 0.2) is 11.5 Å². The summed E-state index contributed by atoms with van der Waals surface area (Å²) >= 11 is 3.70. The average molecular weight is 382 g/mol. The van der Waals surface area contributed by atoms with Crippen molar-refractivity contribution in [3.8, 4) is 11.5 Å². The number of nitrogens with one attached hydrogen (secondary N) is 1. The van der Waals surface area contributed by atoms with Gasteiger partial charge < -0.3 is 19.9 Å². The van der Waals surface area contributed by atoms with Crippen molar-refractivity contribution in [3.05, 3.63) is 33.8 Å². The molecule has 0 amide bonds. The molecule has 126 valence electrons. The van der Waals surface area contributed by atoms with Crippen LogP contribution in [0.3, 0.4) is 0 Å². The SMILES string of the molecule is CCCNCc1c(Br)cc(OC)c2c1[C@]1(C)C=C[C@H](O)C[C@@H]1O2. The van der Waals surface area contributed by atoms with E-state index < -0.39 is 6.10 Å². The van der Waals surface area contributed by atoms with Crippen LogP contribution in [0, 0.1) is 0 Å². The lowest BCUT2D eigenvalue weighted by atomic mass is 9.72. The molecule has 1 aliphatic heterocycles. The second-order valence-electron chi connectivity index (χ2n) is 6.47. The number of rotatable bonds is 5. The summed E-state index contributed by atoms with van der Waals surface area (Å²) in [7, 11) is 1.66. The zero-order chi connectivity index (χ0) is 16.6. The molecule has 0 saturated carbocycles. The Labute approximate surface area is 146 Å². The van der Waals surface area contributed by atoms with Gasteiger partial charge in [0.25, 0.3) is 0 Å². The number of benzene rings is 1. The van der Waals surface area contributed by atoms with E-state index in [4.69, 9.17) is 9.47 Å². The highest BCUT2D eigenvalue weighted by Crippen LogP contribution is 2.54. The molecule has 1 aromatic rings. The smallest absolute Gasteiger partial charge is 0.166 e. The van der Waals surface area contributed by atoms with Crippen molar-refractivity contribution < 1.29 is 14.6 Å². The van der Waals surface area contributed by atoms with E-state index in [1.807, 2.05) is 12.1 Å². The second kappa shape index (κ2) is 6.46. The molecule has 1 heterocycles. The van der Waals surface area contributed by atoms with Gasteiger partial charge in [-0.2, -0.15) is 0 Å². The molecule has 2 aliphatic rings. The summed E-state index contributed by atoms with van der Waals surface area (Å²) in [5.41, 5.74) is 2.13. The van der Waals surface area contributed by atoms with E-state index >= 15 is 0 Å². The Hall–Kier alpha value is -1.04. The van der Waals surface area contributed by atoms with Crippen molar-refractivity contribution in [2.45, 2.75) is 50.9 Å². The van der Waals surface area contributed by atoms with Gasteiger partial charge in [0.1, 0.15) is 6.10 Å². The Kier molecular flexibility index (Phi) is 4.72. The highest BCUT2D eigenvalue weighted by molar-refractivity contribution is 9.10. The first kappa shape index (κ1) is 16.8. The Morgan fingerprint density at radius 3 is 3.00 bits per heavy atom. The third kappa shape index (κ3) is 2.79. The van der Waals surface area contributed by atoms with Gasteiger partial charge in [-0.15, -0.1) is 0 Å². The predicted molar refractivity (Wildman–Crippen MR) is 94.2 cm³/mol. The van der Waals surface area contributed by atoms with Crippen LogP contribution in [0.25, 0.3) is 0 Å². The highest BCUT2D eigenvalue weighted by Gasteiger charge is 2.49. The predicted octanol–water partition coefficient (Wildman–Crippen LogP) is 3.30. The molecule has 2 N–H and O–H groups in total. The van der Waals surface area contributed by atoms with E-state index in [0.717, 1.165) is 35.5 Å². The summed E-state index contributed by atoms with van der Waals surface area (Å²) in [6.45, 7) is 6.10. The molecule has 0 saturated heterocycles. The highest BCUT2D eigenvalue weighted by atomic mass is 79.9. The minimum absolute atomic E-state index is 0.0642. The first-order chi connectivity index (χ1) is 11.0. The zero-order valence-electron chi connectivity index (χ0n) is 13.9. The zero-order valence-corrected chi connectivity index (χ0v) is 15.4. The van der Waals surface area contributed by atoms with Gasteiger partial charge in [0, 0.05) is 23.0 Å². The normalized spacial score (nSPS) is 28.2. The maximum Gasteiger partial charge on any atom is 0.166 e. The molecule has 1 aromatic carbocycles. The number of halogens is 1. The first-order valence-corrected chi connectivity index (χ1v) is 8.95. The van der Waals surface area contributed by atoms with Crippen molar-refractivity contribution in [2.24, 2.45) is 0 Å². The molecule has 23 heavy (non-hydrogen) atoms. The number of fused-ring (bicyclic) bond motifs is 3. The van der Waals surface area contributed by atoms with Crippen molar-refractivity contribution >= 4 is 15.9 Å². The molecule has 0 radical (unpaired) electrons. The lowest BCUT2D eigenvalue weighted by Crippen LogP contribution is -2.40. The van der Waals surface area contributed by atoms with Gasteiger partial charge in [0.2, 0.25) is 0 Å². The summed E-state index contributed by atoms with van der Waals surface area (Å²) in [5, 5.41) is 13.4. The van der Waals surface area contributed by atoms with E-state index in [1.54, 1.807) is 7.11 Å². The largest absolute Gasteiger partial charge is 0.493 e. The van der Waals surface area contributed by atoms with Crippen LogP contribution in [0.4, 0.5) is 0 Å². The molecular formula is C18H24BrNO3. The van der Waals surface area contributed by atoms with Crippen LogP contribution in [0.1, 0.15) is 37.8 Å². The van der Waals surface area contributed by atoms with Crippen molar-refractivity contribution in [1.29, 1.82) is 0 Å². The van der Waals surface area contributed by atoms with Gasteiger partial charge in [-0.3, -0.25) is 0 Å². The van der Waals surface area contributed by atoms with Crippen molar-refractivity contribution in [3.63, 3.8) is 0 Å². The minimum atomic E-state index is -0.446. The second-order valence-corrected chi connectivity index (χ2v) is 7.33. The third-order valence-corrected chi connectivity index (χ3v) is 5.54. The number of hydrogen-bond donors (Lipinski definition) is 2. The van der Waals surface area contributed by atoms with Crippen LogP contribution in [-0.4, -0.2) is 31.0 Å². The van der Waals surface area contributed by atoms with E-state index in [9.17, 15) is 5.11 Å². The number of aliphatic hydroxyl groups is 1. The number of hydrogen-bond acceptors (Lipinski definition) is 4. The molecule has 5 heteroatoms. The minimum Gasteiger partial charge on any atom is -0.493 e. The fourth-order valence-corrected chi connectivity index (χ4v) is 4.11. The van der Waals surface area contributed by atoms with Crippen molar-refractivity contribution in [1.82, 2.24) is 5.32 Å². The number of ether oxygens (including phenoxy) is 2. The van der Waals surface area contributed by atoms with Crippen LogP contribution in [0.2, 0.25) is 0 Å². The molecule has 3 atom stereocenters. The quantitative estimate of drug-likeness (QED) is 0.606. The molecule has 1 aliphatic carbocycles. The Morgan fingerprint density at radius 1 is 1.52 bits per heavy atom. The van der Waals surface area contributed by atoms with Gasteiger partial charge in [-0.1, -0.05) is 35.0 Å². The lowest BCUT2D eigenvalue weighted by Gasteiger charge is -2.33. The Morgan fingerprint density at radius 2 is 2.30 bits per heavy atom. The first-order valence-electron chi connectivity index (χ1n) is 8.16. The van der Waals surface area contributed by atoms with Crippen molar-refractivity contribution in [2.75, 3.05) is 13.7 Å². The lowest BCUT2D eigenvalue weighted by molar-refractivity contribution is 0.0932. The molecule has 4 nitrogen and oxygen atoms in total. The number of methoxy groups -OCH3 is 1. The third-order valence-electron chi connectivity index (χ3n) is 4.84. The standard InChI is InChI=1S/C18H24BrNO3/c1-4-7-20-10-12-13(19)9-14(22-3)17-16(12)18(2)6-5-11(21)8-15(18)23-17/h5-6,9,11,15,20-21H,4,7-8,10H2,1-3H3/t11-,15-,18+/m0/s1. The van der Waals surface area contributed by atoms with Crippen LogP contribution in [0.15, 0.2) is 22.7 Å². The van der Waals surface area contributed by atoms with Gasteiger partial charge in [0.05, 0.1) is 18.6 Å². The summed E-state index contributed by atoms with van der Waals surface area (Å²) in [6.07, 6.45) is 5.16. The molecule has 0 fully saturated rings. The van der Waals surface area contributed by atoms with E-state index in [1.165, 1.54) is 11.1 Å². The maximum absolute atomic E-state index is 9.95. The Balaban J connectivity index is 2.10. The molecule has 0 spiro atoms. The molecule has 3 rings (SSSR count). The van der Waals surface area contributed by atoms with Crippen LogP contribution in [-0.2, 0) is 12.0 Å². The summed E-state index contributed by atoms with van der Waals surface area (Å²) in [6, 6.07) is 1.97. The van der Waals surface area contributed by atoms with Crippen LogP contribution >= 0.6 is 15.9 Å². The van der Waals surface area contributed by atoms with E-state index in [2.05, 4.69) is 41.2 Å². The fourth-order valence-electron chi connectivity index (χ4n) is 3.57. The summed E-state index contributed by atoms with van der Waals surface area (Å²) in [5.74, 6) is 1.56. The summed E-state index contributed by atoms with van der Waals surface area (Å²) < 4.78 is 12.8. The monoisotopic (exact) mass is 381 g/mol. The Bertz CT molecular complexity index is 631. The number of aliphatic hydroxyl groups excluding tert-OH is 1. The topological polar surface area (TPSA) is 50.7 Å². The maximum atomic E-state index is 9.95. The van der Waals surface area contributed by atoms with Crippen LogP contribution in [0.5, 0.6) is 11.5 Å². The molecule has 0 bridgehead atoms. The average Bonchev–Trinajstić information content (AvgIpc) is 2.82. The van der Waals surface area contributed by atoms with E-state index in [-0.39, 0.29) is 11.5 Å². The molecule has 0 aromatic heterocycles. The molecule has 0 unspecified atom stereocenters. The van der Waals surface area contributed by atoms with Gasteiger partial charge >= 0.3 is 0 Å². The summed E-state index contributed by atoms with van der Waals surface area (Å²) in [4.78, 5) is 0. The van der Waals surface area contributed by atoms with Crippen LogP contribution < -0.4 is 14.8 Å². The van der Waals surface area contributed by atoms with E-state index in [0.29, 0.717) is 6.42 Å². The molecular weight excluding hydrogens is 358 g/mol.